The summed E-state index contributed by atoms with van der Waals surface area (Å²) in [6.07, 6.45) is -3.30. The third-order valence-corrected chi connectivity index (χ3v) is 7.17. The van der Waals surface area contributed by atoms with Crippen LogP contribution in [-0.2, 0) is 33.4 Å². The number of fused-ring (bicyclic) bond motifs is 1. The molecular formula is C25H27ClN2O10S. The van der Waals surface area contributed by atoms with Gasteiger partial charge in [-0.3, -0.25) is 24.1 Å². The lowest BCUT2D eigenvalue weighted by molar-refractivity contribution is -0.151. The number of benzene rings is 1. The number of carboxylic acids is 1. The molecule has 2 aliphatic heterocycles. The number of nitrogens with zero attached hydrogens (tertiary/aromatic N) is 1. The number of carbonyl (C=O) groups excluding carboxylic acids is 5. The Balaban J connectivity index is 1.71. The van der Waals surface area contributed by atoms with Gasteiger partial charge in [-0.2, -0.15) is 0 Å². The number of nitrogens with one attached hydrogen (secondary N) is 1. The minimum Gasteiger partial charge on any atom is -0.477 e. The van der Waals surface area contributed by atoms with Gasteiger partial charge in [-0.1, -0.05) is 25.4 Å². The van der Waals surface area contributed by atoms with Crippen LogP contribution in [-0.4, -0.2) is 82.2 Å². The van der Waals surface area contributed by atoms with Crippen LogP contribution in [0.5, 0.6) is 0 Å². The van der Waals surface area contributed by atoms with Crippen LogP contribution in [0, 0.1) is 5.92 Å². The van der Waals surface area contributed by atoms with Crippen molar-refractivity contribution >= 4 is 59.1 Å². The van der Waals surface area contributed by atoms with E-state index in [4.69, 9.17) is 25.8 Å². The average Bonchev–Trinajstić information content (AvgIpc) is 2.88. The van der Waals surface area contributed by atoms with Crippen molar-refractivity contribution in [1.82, 2.24) is 10.2 Å². The normalized spacial score (nSPS) is 19.0. The minimum absolute atomic E-state index is 0.00566. The molecule has 2 N–H and O–H groups in total. The van der Waals surface area contributed by atoms with Crippen molar-refractivity contribution in [2.75, 3.05) is 19.0 Å². The molecule has 1 aromatic carbocycles. The molecule has 0 bridgehead atoms. The predicted octanol–water partition coefficient (Wildman–Crippen LogP) is 2.39. The fraction of sp³-hybridized carbons (Fsp3) is 0.440. The number of hydrogen-bond acceptors (Lipinski definition) is 10. The standard InChI is InChI=1S/C25H27ClN2O10S/c1-12(2)9-37-25(35)38-17(21(31)14-4-6-16(26)7-5-14)8-18(30)27-19-22(32)28-20(24(33)34)15(10-36-13(3)29)11-39-23(19)28/h4-7,12,17,19,23H,8-11H2,1-3H3,(H,27,30)(H,33,34)/t17?,19-,23-/m1/s1. The summed E-state index contributed by atoms with van der Waals surface area (Å²) in [6.45, 7) is 4.55. The van der Waals surface area contributed by atoms with E-state index in [2.05, 4.69) is 5.32 Å². The van der Waals surface area contributed by atoms with Gasteiger partial charge in [-0.05, 0) is 30.2 Å². The number of aliphatic carboxylic acids is 1. The maximum atomic E-state index is 13.0. The smallest absolute Gasteiger partial charge is 0.477 e. The summed E-state index contributed by atoms with van der Waals surface area (Å²) in [5.74, 6) is -3.95. The quantitative estimate of drug-likeness (QED) is 0.223. The molecule has 1 aromatic rings. The van der Waals surface area contributed by atoms with Crippen molar-refractivity contribution in [1.29, 1.82) is 0 Å². The Bertz CT molecular complexity index is 1200. The van der Waals surface area contributed by atoms with Crippen molar-refractivity contribution in [2.24, 2.45) is 5.92 Å². The van der Waals surface area contributed by atoms with Crippen LogP contribution in [0.4, 0.5) is 4.79 Å². The zero-order valence-electron chi connectivity index (χ0n) is 21.3. The van der Waals surface area contributed by atoms with Gasteiger partial charge >= 0.3 is 18.1 Å². The first-order chi connectivity index (χ1) is 18.4. The van der Waals surface area contributed by atoms with Gasteiger partial charge in [0, 0.05) is 28.8 Å². The van der Waals surface area contributed by atoms with E-state index in [-0.39, 0.29) is 41.7 Å². The number of carboxylic acid groups (broad SMARTS) is 1. The molecule has 0 aliphatic carbocycles. The van der Waals surface area contributed by atoms with Crippen LogP contribution < -0.4 is 5.32 Å². The second-order valence-electron chi connectivity index (χ2n) is 9.13. The topological polar surface area (TPSA) is 166 Å². The fourth-order valence-corrected chi connectivity index (χ4v) is 5.21. The summed E-state index contributed by atoms with van der Waals surface area (Å²) in [7, 11) is 0. The lowest BCUT2D eigenvalue weighted by Crippen LogP contribution is -2.70. The summed E-state index contributed by atoms with van der Waals surface area (Å²) >= 11 is 7.06. The van der Waals surface area contributed by atoms with E-state index in [1.807, 2.05) is 13.8 Å². The van der Waals surface area contributed by atoms with Crippen LogP contribution in [0.1, 0.15) is 37.6 Å². The van der Waals surface area contributed by atoms with Crippen LogP contribution in [0.2, 0.25) is 5.02 Å². The molecule has 2 aliphatic rings. The monoisotopic (exact) mass is 582 g/mol. The fourth-order valence-electron chi connectivity index (χ4n) is 3.76. The van der Waals surface area contributed by atoms with E-state index in [1.54, 1.807) is 0 Å². The lowest BCUT2D eigenvalue weighted by atomic mass is 10.0. The lowest BCUT2D eigenvalue weighted by Gasteiger charge is -2.49. The Kier molecular flexibility index (Phi) is 9.97. The maximum Gasteiger partial charge on any atom is 0.509 e. The second kappa shape index (κ2) is 13.0. The van der Waals surface area contributed by atoms with Crippen molar-refractivity contribution in [3.63, 3.8) is 0 Å². The number of thioether (sulfide) groups is 1. The number of Topliss-reactive ketones (excluding diaryl/α,β-unsaturated/α-hetero) is 1. The number of amides is 2. The van der Waals surface area contributed by atoms with Gasteiger partial charge in [0.2, 0.25) is 11.7 Å². The van der Waals surface area contributed by atoms with Crippen LogP contribution in [0.25, 0.3) is 0 Å². The van der Waals surface area contributed by atoms with Crippen molar-refractivity contribution in [3.05, 3.63) is 46.1 Å². The van der Waals surface area contributed by atoms with Crippen molar-refractivity contribution in [3.8, 4) is 0 Å². The van der Waals surface area contributed by atoms with Gasteiger partial charge in [0.15, 0.2) is 6.10 Å². The van der Waals surface area contributed by atoms with Crippen molar-refractivity contribution in [2.45, 2.75) is 44.7 Å². The highest BCUT2D eigenvalue weighted by Gasteiger charge is 2.54. The Morgan fingerprint density at radius 2 is 1.82 bits per heavy atom. The Morgan fingerprint density at radius 3 is 2.41 bits per heavy atom. The van der Waals surface area contributed by atoms with E-state index in [0.717, 1.165) is 4.90 Å². The summed E-state index contributed by atoms with van der Waals surface area (Å²) in [5.41, 5.74) is 0.0840. The molecule has 0 spiro atoms. The number of hydrogen-bond donors (Lipinski definition) is 2. The first-order valence-corrected chi connectivity index (χ1v) is 13.3. The number of halogens is 1. The molecule has 1 unspecified atom stereocenters. The molecule has 3 atom stereocenters. The molecule has 2 amide bonds. The number of esters is 1. The Labute approximate surface area is 233 Å². The SMILES string of the molecule is CC(=O)OCC1=C(C(=O)O)N2C(=O)[C@@H](NC(=O)CC(OC(=O)OCC(C)C)C(=O)c3ccc(Cl)cc3)[C@H]2SC1. The molecule has 3 rings (SSSR count). The number of ether oxygens (including phenoxy) is 3. The van der Waals surface area contributed by atoms with E-state index < -0.39 is 59.6 Å². The average molecular weight is 583 g/mol. The summed E-state index contributed by atoms with van der Waals surface area (Å²) in [4.78, 5) is 75.0. The van der Waals surface area contributed by atoms with Gasteiger partial charge in [0.1, 0.15) is 23.7 Å². The van der Waals surface area contributed by atoms with Crippen LogP contribution >= 0.6 is 23.4 Å². The third-order valence-electron chi connectivity index (χ3n) is 5.58. The first-order valence-electron chi connectivity index (χ1n) is 11.8. The number of rotatable bonds is 11. The zero-order valence-corrected chi connectivity index (χ0v) is 22.9. The number of β-lactam (4-membered cyclic amide) rings is 1. The maximum absolute atomic E-state index is 13.0. The second-order valence-corrected chi connectivity index (χ2v) is 10.7. The molecular weight excluding hydrogens is 556 g/mol. The van der Waals surface area contributed by atoms with Crippen molar-refractivity contribution < 1.29 is 48.1 Å². The van der Waals surface area contributed by atoms with Gasteiger partial charge in [-0.15, -0.1) is 11.8 Å². The van der Waals surface area contributed by atoms with E-state index in [1.165, 1.54) is 43.0 Å². The predicted molar refractivity (Wildman–Crippen MR) is 138 cm³/mol. The highest BCUT2D eigenvalue weighted by Crippen LogP contribution is 2.40. The molecule has 1 saturated heterocycles. The molecule has 12 nitrogen and oxygen atoms in total. The molecule has 210 valence electrons. The van der Waals surface area contributed by atoms with Gasteiger partial charge in [-0.25, -0.2) is 9.59 Å². The molecule has 2 heterocycles. The van der Waals surface area contributed by atoms with Crippen LogP contribution in [0.15, 0.2) is 35.5 Å². The van der Waals surface area contributed by atoms with Crippen LogP contribution in [0.3, 0.4) is 0 Å². The van der Waals surface area contributed by atoms with Gasteiger partial charge in [0.25, 0.3) is 5.91 Å². The summed E-state index contributed by atoms with van der Waals surface area (Å²) < 4.78 is 15.0. The summed E-state index contributed by atoms with van der Waals surface area (Å²) in [6, 6.07) is 4.68. The van der Waals surface area contributed by atoms with Gasteiger partial charge in [0.05, 0.1) is 13.0 Å². The summed E-state index contributed by atoms with van der Waals surface area (Å²) in [5, 5.41) is 11.8. The largest absolute Gasteiger partial charge is 0.509 e. The van der Waals surface area contributed by atoms with E-state index in [0.29, 0.717) is 5.02 Å². The number of carbonyl (C=O) groups is 6. The van der Waals surface area contributed by atoms with Gasteiger partial charge < -0.3 is 24.6 Å². The third kappa shape index (κ3) is 7.51. The minimum atomic E-state index is -1.55. The Morgan fingerprint density at radius 1 is 1.15 bits per heavy atom. The molecule has 1 fully saturated rings. The van der Waals surface area contributed by atoms with E-state index in [9.17, 15) is 33.9 Å². The molecule has 0 radical (unpaired) electrons. The zero-order chi connectivity index (χ0) is 28.9. The molecule has 39 heavy (non-hydrogen) atoms. The highest BCUT2D eigenvalue weighted by molar-refractivity contribution is 8.00. The Hall–Kier alpha value is -3.58. The number of ketones is 1. The molecule has 0 saturated carbocycles. The van der Waals surface area contributed by atoms with E-state index >= 15 is 0 Å². The highest BCUT2D eigenvalue weighted by atomic mass is 35.5. The first kappa shape index (κ1) is 30.0. The molecule has 14 heteroatoms. The molecule has 0 aromatic heterocycles.